The number of rotatable bonds is 4. The Kier molecular flexibility index (Phi) is 6.14. The summed E-state index contributed by atoms with van der Waals surface area (Å²) in [5.41, 5.74) is 9.24. The maximum absolute atomic E-state index is 14.0. The first-order valence-electron chi connectivity index (χ1n) is 10.5. The van der Waals surface area contributed by atoms with E-state index in [1.807, 2.05) is 0 Å². The van der Waals surface area contributed by atoms with Gasteiger partial charge in [-0.15, -0.1) is 0 Å². The van der Waals surface area contributed by atoms with E-state index in [0.29, 0.717) is 16.2 Å². The number of pyridine rings is 1. The summed E-state index contributed by atoms with van der Waals surface area (Å²) < 4.78 is 26.0. The lowest BCUT2D eigenvalue weighted by Crippen LogP contribution is -2.43. The molecule has 1 unspecified atom stereocenters. The molecule has 0 saturated heterocycles. The average molecular weight is 478 g/mol. The second kappa shape index (κ2) is 8.58. The van der Waals surface area contributed by atoms with Crippen LogP contribution >= 0.6 is 23.2 Å². The Hall–Kier alpha value is -2.28. The molecule has 0 aliphatic carbocycles. The van der Waals surface area contributed by atoms with Crippen LogP contribution in [0.15, 0.2) is 35.1 Å². The number of furan rings is 1. The summed E-state index contributed by atoms with van der Waals surface area (Å²) in [4.78, 5) is 6.74. The van der Waals surface area contributed by atoms with Crippen molar-refractivity contribution in [3.63, 3.8) is 0 Å². The van der Waals surface area contributed by atoms with Crippen molar-refractivity contribution in [3.05, 3.63) is 57.7 Å². The van der Waals surface area contributed by atoms with Gasteiger partial charge >= 0.3 is 0 Å². The van der Waals surface area contributed by atoms with Gasteiger partial charge in [-0.2, -0.15) is 0 Å². The lowest BCUT2D eigenvalue weighted by molar-refractivity contribution is 0.153. The number of anilines is 1. The van der Waals surface area contributed by atoms with Crippen molar-refractivity contribution >= 4 is 45.6 Å². The van der Waals surface area contributed by atoms with Crippen LogP contribution in [0.4, 0.5) is 10.2 Å². The Morgan fingerprint density at radius 3 is 2.69 bits per heavy atom. The van der Waals surface area contributed by atoms with Crippen molar-refractivity contribution in [1.82, 2.24) is 9.88 Å². The molecule has 3 aromatic rings. The topological polar surface area (TPSA) is 64.5 Å². The summed E-state index contributed by atoms with van der Waals surface area (Å²) in [5.74, 6) is -0.115. The van der Waals surface area contributed by atoms with Crippen molar-refractivity contribution in [2.24, 2.45) is 0 Å². The second-order valence-electron chi connectivity index (χ2n) is 8.98. The van der Waals surface area contributed by atoms with Gasteiger partial charge in [-0.3, -0.25) is 4.90 Å². The van der Waals surface area contributed by atoms with Crippen LogP contribution in [0.3, 0.4) is 0 Å². The normalized spacial score (nSPS) is 16.3. The monoisotopic (exact) mass is 477 g/mol. The molecule has 0 amide bonds. The predicted molar refractivity (Wildman–Crippen MR) is 128 cm³/mol. The zero-order valence-corrected chi connectivity index (χ0v) is 20.0. The van der Waals surface area contributed by atoms with Crippen LogP contribution in [0.2, 0.25) is 10.0 Å². The van der Waals surface area contributed by atoms with E-state index in [1.165, 1.54) is 17.7 Å². The first-order chi connectivity index (χ1) is 15.1. The number of hydrogen-bond acceptors (Lipinski definition) is 5. The van der Waals surface area contributed by atoms with Crippen LogP contribution in [0.1, 0.15) is 51.3 Å². The Morgan fingerprint density at radius 1 is 1.28 bits per heavy atom. The summed E-state index contributed by atoms with van der Waals surface area (Å²) in [6.45, 7) is 10.2. The Balaban J connectivity index is 1.68. The van der Waals surface area contributed by atoms with Crippen molar-refractivity contribution < 1.29 is 13.5 Å². The quantitative estimate of drug-likeness (QED) is 0.414. The molecule has 8 heteroatoms. The third kappa shape index (κ3) is 4.19. The number of fused-ring (bicyclic) bond motifs is 1. The fourth-order valence-corrected chi connectivity index (χ4v) is 4.69. The fourth-order valence-electron chi connectivity index (χ4n) is 4.02. The third-order valence-electron chi connectivity index (χ3n) is 5.89. The van der Waals surface area contributed by atoms with E-state index in [9.17, 15) is 4.39 Å². The van der Waals surface area contributed by atoms with E-state index < -0.39 is 11.9 Å². The van der Waals surface area contributed by atoms with Crippen LogP contribution in [0, 0.1) is 5.82 Å². The van der Waals surface area contributed by atoms with E-state index in [-0.39, 0.29) is 22.1 Å². The van der Waals surface area contributed by atoms with Gasteiger partial charge in [0.2, 0.25) is 5.75 Å². The molecule has 0 saturated carbocycles. The summed E-state index contributed by atoms with van der Waals surface area (Å²) in [6, 6.07) is 2.66. The molecule has 0 bridgehead atoms. The number of hydrogen-bond donors (Lipinski definition) is 1. The van der Waals surface area contributed by atoms with E-state index >= 15 is 0 Å². The highest BCUT2D eigenvalue weighted by atomic mass is 35.5. The van der Waals surface area contributed by atoms with E-state index in [4.69, 9.17) is 38.1 Å². The molecule has 0 radical (unpaired) electrons. The number of benzene rings is 1. The molecule has 2 aromatic heterocycles. The molecular formula is C24H26Cl2FN3O2. The lowest BCUT2D eigenvalue weighted by atomic mass is 9.96. The minimum atomic E-state index is -0.678. The first-order valence-corrected chi connectivity index (χ1v) is 11.2. The molecule has 0 fully saturated rings. The van der Waals surface area contributed by atoms with Crippen LogP contribution in [0.25, 0.3) is 16.5 Å². The minimum Gasteiger partial charge on any atom is -0.478 e. The van der Waals surface area contributed by atoms with Crippen LogP contribution in [-0.2, 0) is 0 Å². The summed E-state index contributed by atoms with van der Waals surface area (Å²) in [6.07, 6.45) is 5.86. The number of ether oxygens (including phenoxy) is 1. The van der Waals surface area contributed by atoms with E-state index in [1.54, 1.807) is 19.4 Å². The zero-order valence-electron chi connectivity index (χ0n) is 18.5. The van der Waals surface area contributed by atoms with Gasteiger partial charge in [-0.25, -0.2) is 9.37 Å². The zero-order chi connectivity index (χ0) is 23.2. The SMILES string of the molecule is CC(Oc1c(N)ncc2c(C3=CCN(C(C)(C)C)CC3)coc12)c1c(Cl)ccc(F)c1Cl. The summed E-state index contributed by atoms with van der Waals surface area (Å²) in [7, 11) is 0. The molecule has 3 heterocycles. The van der Waals surface area contributed by atoms with Crippen LogP contribution < -0.4 is 10.5 Å². The Bertz CT molecular complexity index is 1200. The summed E-state index contributed by atoms with van der Waals surface area (Å²) >= 11 is 12.4. The molecule has 1 aliphatic rings. The largest absolute Gasteiger partial charge is 0.478 e. The minimum absolute atomic E-state index is 0.0837. The molecule has 170 valence electrons. The smallest absolute Gasteiger partial charge is 0.205 e. The van der Waals surface area contributed by atoms with Gasteiger partial charge in [0.05, 0.1) is 16.7 Å². The van der Waals surface area contributed by atoms with Gasteiger partial charge in [0.1, 0.15) is 11.9 Å². The Labute approximate surface area is 196 Å². The van der Waals surface area contributed by atoms with Crippen molar-refractivity contribution in [2.45, 2.75) is 45.8 Å². The summed E-state index contributed by atoms with van der Waals surface area (Å²) in [5, 5.41) is 1.03. The number of halogens is 3. The average Bonchev–Trinajstić information content (AvgIpc) is 3.17. The van der Waals surface area contributed by atoms with Gasteiger partial charge in [0.25, 0.3) is 0 Å². The van der Waals surface area contributed by atoms with E-state index in [2.05, 4.69) is 36.7 Å². The fraction of sp³-hybridized carbons (Fsp3) is 0.375. The molecule has 1 atom stereocenters. The maximum atomic E-state index is 14.0. The molecule has 1 aromatic carbocycles. The van der Waals surface area contributed by atoms with Crippen LogP contribution in [-0.4, -0.2) is 28.5 Å². The highest BCUT2D eigenvalue weighted by molar-refractivity contribution is 6.36. The molecule has 2 N–H and O–H groups in total. The van der Waals surface area contributed by atoms with Gasteiger partial charge < -0.3 is 14.9 Å². The Morgan fingerprint density at radius 2 is 2.03 bits per heavy atom. The van der Waals surface area contributed by atoms with Gasteiger partial charge in [-0.1, -0.05) is 29.3 Å². The van der Waals surface area contributed by atoms with Crippen molar-refractivity contribution in [3.8, 4) is 5.75 Å². The molecule has 32 heavy (non-hydrogen) atoms. The predicted octanol–water partition coefficient (Wildman–Crippen LogP) is 6.88. The molecule has 1 aliphatic heterocycles. The number of nitrogen functional groups attached to an aromatic ring is 1. The molecular weight excluding hydrogens is 452 g/mol. The van der Waals surface area contributed by atoms with Gasteiger partial charge in [0, 0.05) is 41.0 Å². The molecule has 5 nitrogen and oxygen atoms in total. The molecule has 4 rings (SSSR count). The lowest BCUT2D eigenvalue weighted by Gasteiger charge is -2.37. The number of nitrogens with zero attached hydrogens (tertiary/aromatic N) is 2. The highest BCUT2D eigenvalue weighted by Crippen LogP contribution is 2.41. The van der Waals surface area contributed by atoms with Crippen LogP contribution in [0.5, 0.6) is 5.75 Å². The van der Waals surface area contributed by atoms with Gasteiger partial charge in [0.15, 0.2) is 11.4 Å². The maximum Gasteiger partial charge on any atom is 0.205 e. The highest BCUT2D eigenvalue weighted by Gasteiger charge is 2.26. The second-order valence-corrected chi connectivity index (χ2v) is 9.76. The number of nitrogens with two attached hydrogens (primary N) is 1. The van der Waals surface area contributed by atoms with Crippen molar-refractivity contribution in [2.75, 3.05) is 18.8 Å². The number of aromatic nitrogens is 1. The van der Waals surface area contributed by atoms with E-state index in [0.717, 1.165) is 30.5 Å². The van der Waals surface area contributed by atoms with Crippen molar-refractivity contribution in [1.29, 1.82) is 0 Å². The molecule has 0 spiro atoms. The third-order valence-corrected chi connectivity index (χ3v) is 6.60. The first kappa shape index (κ1) is 22.9. The standard InChI is InChI=1S/C24H26Cl2FN3O2/c1-13(19-17(25)5-6-18(27)20(19)26)32-22-21-15(11-29-23(22)28)16(12-31-21)14-7-9-30(10-8-14)24(2,3)4/h5-7,11-13H,8-10H2,1-4H3,(H2,28,29). The van der Waals surface area contributed by atoms with Gasteiger partial charge in [-0.05, 0) is 51.8 Å².